The first-order valence-electron chi connectivity index (χ1n) is 5.58. The molecule has 1 aromatic heterocycles. The van der Waals surface area contributed by atoms with Crippen molar-refractivity contribution >= 4 is 35.0 Å². The summed E-state index contributed by atoms with van der Waals surface area (Å²) in [5.41, 5.74) is 1.05. The first-order valence-corrected chi connectivity index (χ1v) is 7.32. The van der Waals surface area contributed by atoms with E-state index in [1.54, 1.807) is 17.8 Å². The molecule has 0 aliphatic rings. The van der Waals surface area contributed by atoms with Crippen LogP contribution in [0.1, 0.15) is 18.3 Å². The molecular formula is C12H13Cl2N3S. The molecule has 0 aliphatic heterocycles. The molecule has 2 rings (SSSR count). The molecule has 3 nitrogen and oxygen atoms in total. The fourth-order valence-corrected chi connectivity index (χ4v) is 3.22. The molecule has 1 aromatic carbocycles. The molecule has 0 fully saturated rings. The van der Waals surface area contributed by atoms with Crippen LogP contribution in [-0.2, 0) is 12.3 Å². The molecule has 0 spiro atoms. The van der Waals surface area contributed by atoms with Crippen LogP contribution in [0.2, 0.25) is 10.0 Å². The lowest BCUT2D eigenvalue weighted by Crippen LogP contribution is -1.99. The average molecular weight is 302 g/mol. The summed E-state index contributed by atoms with van der Waals surface area (Å²) in [7, 11) is 0. The van der Waals surface area contributed by atoms with Gasteiger partial charge in [-0.2, -0.15) is 0 Å². The van der Waals surface area contributed by atoms with Gasteiger partial charge in [0, 0.05) is 22.3 Å². The SMILES string of the molecule is CCn1c(C)nnc1SCc1ccc(Cl)cc1Cl. The zero-order valence-corrected chi connectivity index (χ0v) is 12.5. The molecule has 0 aliphatic carbocycles. The van der Waals surface area contributed by atoms with Crippen LogP contribution in [-0.4, -0.2) is 14.8 Å². The van der Waals surface area contributed by atoms with E-state index in [4.69, 9.17) is 23.2 Å². The largest absolute Gasteiger partial charge is 0.307 e. The molecule has 1 heterocycles. The molecule has 6 heteroatoms. The molecule has 0 bridgehead atoms. The van der Waals surface area contributed by atoms with Crippen molar-refractivity contribution in [1.82, 2.24) is 14.8 Å². The number of thioether (sulfide) groups is 1. The zero-order chi connectivity index (χ0) is 13.1. The fourth-order valence-electron chi connectivity index (χ4n) is 1.61. The van der Waals surface area contributed by atoms with E-state index in [0.717, 1.165) is 28.8 Å². The predicted molar refractivity (Wildman–Crippen MR) is 76.5 cm³/mol. The highest BCUT2D eigenvalue weighted by atomic mass is 35.5. The van der Waals surface area contributed by atoms with Gasteiger partial charge in [-0.25, -0.2) is 0 Å². The number of aromatic nitrogens is 3. The van der Waals surface area contributed by atoms with Crippen molar-refractivity contribution in [2.75, 3.05) is 0 Å². The van der Waals surface area contributed by atoms with Crippen LogP contribution in [0.4, 0.5) is 0 Å². The van der Waals surface area contributed by atoms with Crippen LogP contribution in [0.3, 0.4) is 0 Å². The summed E-state index contributed by atoms with van der Waals surface area (Å²) in [6.45, 7) is 4.90. The predicted octanol–water partition coefficient (Wildman–Crippen LogP) is 4.21. The Bertz CT molecular complexity index is 554. The number of nitrogens with zero attached hydrogens (tertiary/aromatic N) is 3. The normalized spacial score (nSPS) is 10.9. The molecule has 0 saturated heterocycles. The molecule has 18 heavy (non-hydrogen) atoms. The van der Waals surface area contributed by atoms with Gasteiger partial charge in [-0.1, -0.05) is 41.0 Å². The molecule has 0 saturated carbocycles. The van der Waals surface area contributed by atoms with E-state index in [1.165, 1.54) is 0 Å². The van der Waals surface area contributed by atoms with Gasteiger partial charge in [0.1, 0.15) is 5.82 Å². The molecule has 0 atom stereocenters. The van der Waals surface area contributed by atoms with Gasteiger partial charge in [0.05, 0.1) is 0 Å². The van der Waals surface area contributed by atoms with Gasteiger partial charge in [0.15, 0.2) is 5.16 Å². The summed E-state index contributed by atoms with van der Waals surface area (Å²) in [4.78, 5) is 0. The van der Waals surface area contributed by atoms with Crippen molar-refractivity contribution in [1.29, 1.82) is 0 Å². The summed E-state index contributed by atoms with van der Waals surface area (Å²) in [6, 6.07) is 5.55. The van der Waals surface area contributed by atoms with E-state index in [9.17, 15) is 0 Å². The maximum absolute atomic E-state index is 6.13. The van der Waals surface area contributed by atoms with Gasteiger partial charge < -0.3 is 4.57 Å². The van der Waals surface area contributed by atoms with E-state index < -0.39 is 0 Å². The van der Waals surface area contributed by atoms with Gasteiger partial charge in [0.2, 0.25) is 0 Å². The van der Waals surface area contributed by atoms with Gasteiger partial charge in [-0.15, -0.1) is 10.2 Å². The smallest absolute Gasteiger partial charge is 0.191 e. The minimum atomic E-state index is 0.654. The number of halogens is 2. The third kappa shape index (κ3) is 2.99. The van der Waals surface area contributed by atoms with Gasteiger partial charge in [-0.05, 0) is 31.5 Å². The van der Waals surface area contributed by atoms with Crippen LogP contribution in [0.5, 0.6) is 0 Å². The Morgan fingerprint density at radius 3 is 2.72 bits per heavy atom. The minimum absolute atomic E-state index is 0.654. The maximum Gasteiger partial charge on any atom is 0.191 e. The Labute approximate surface area is 121 Å². The van der Waals surface area contributed by atoms with Crippen molar-refractivity contribution in [2.45, 2.75) is 31.3 Å². The number of aryl methyl sites for hydroxylation is 1. The summed E-state index contributed by atoms with van der Waals surface area (Å²) in [6.07, 6.45) is 0. The summed E-state index contributed by atoms with van der Waals surface area (Å²) in [5.74, 6) is 1.69. The summed E-state index contributed by atoms with van der Waals surface area (Å²) < 4.78 is 2.08. The molecule has 0 radical (unpaired) electrons. The van der Waals surface area contributed by atoms with Gasteiger partial charge >= 0.3 is 0 Å². The highest BCUT2D eigenvalue weighted by Gasteiger charge is 2.09. The van der Waals surface area contributed by atoms with Crippen molar-refractivity contribution in [3.05, 3.63) is 39.6 Å². The second kappa shape index (κ2) is 5.95. The zero-order valence-electron chi connectivity index (χ0n) is 10.2. The lowest BCUT2D eigenvalue weighted by atomic mass is 10.2. The van der Waals surface area contributed by atoms with Crippen LogP contribution in [0.25, 0.3) is 0 Å². The molecule has 0 unspecified atom stereocenters. The second-order valence-electron chi connectivity index (χ2n) is 3.80. The van der Waals surface area contributed by atoms with Crippen molar-refractivity contribution in [2.24, 2.45) is 0 Å². The number of hydrogen-bond donors (Lipinski definition) is 0. The minimum Gasteiger partial charge on any atom is -0.307 e. The monoisotopic (exact) mass is 301 g/mol. The maximum atomic E-state index is 6.13. The number of rotatable bonds is 4. The first kappa shape index (κ1) is 13.7. The Balaban J connectivity index is 2.11. The number of benzene rings is 1. The van der Waals surface area contributed by atoms with Gasteiger partial charge in [0.25, 0.3) is 0 Å². The first-order chi connectivity index (χ1) is 8.61. The van der Waals surface area contributed by atoms with E-state index in [0.29, 0.717) is 10.0 Å². The molecule has 96 valence electrons. The molecule has 0 N–H and O–H groups in total. The van der Waals surface area contributed by atoms with E-state index >= 15 is 0 Å². The van der Waals surface area contributed by atoms with Gasteiger partial charge in [-0.3, -0.25) is 0 Å². The van der Waals surface area contributed by atoms with Crippen molar-refractivity contribution < 1.29 is 0 Å². The average Bonchev–Trinajstić information content (AvgIpc) is 2.69. The Morgan fingerprint density at radius 1 is 1.28 bits per heavy atom. The second-order valence-corrected chi connectivity index (χ2v) is 5.58. The van der Waals surface area contributed by atoms with Crippen LogP contribution >= 0.6 is 35.0 Å². The van der Waals surface area contributed by atoms with Crippen LogP contribution in [0, 0.1) is 6.92 Å². The van der Waals surface area contributed by atoms with E-state index in [1.807, 2.05) is 19.1 Å². The van der Waals surface area contributed by atoms with Crippen LogP contribution < -0.4 is 0 Å². The Kier molecular flexibility index (Phi) is 4.54. The topological polar surface area (TPSA) is 30.7 Å². The third-order valence-corrected chi connectivity index (χ3v) is 4.19. The third-order valence-electron chi connectivity index (χ3n) is 2.59. The lowest BCUT2D eigenvalue weighted by molar-refractivity contribution is 0.662. The van der Waals surface area contributed by atoms with E-state index in [2.05, 4.69) is 21.7 Å². The van der Waals surface area contributed by atoms with E-state index in [-0.39, 0.29) is 0 Å². The Morgan fingerprint density at radius 2 is 2.06 bits per heavy atom. The molecular weight excluding hydrogens is 289 g/mol. The standard InChI is InChI=1S/C12H13Cl2N3S/c1-3-17-8(2)15-16-12(17)18-7-9-4-5-10(13)6-11(9)14/h4-6H,3,7H2,1-2H3. The highest BCUT2D eigenvalue weighted by molar-refractivity contribution is 7.98. The highest BCUT2D eigenvalue weighted by Crippen LogP contribution is 2.27. The lowest BCUT2D eigenvalue weighted by Gasteiger charge is -2.06. The summed E-state index contributed by atoms with van der Waals surface area (Å²) in [5, 5.41) is 10.5. The summed E-state index contributed by atoms with van der Waals surface area (Å²) >= 11 is 13.6. The quantitative estimate of drug-likeness (QED) is 0.793. The Hall–Kier alpha value is -0.710. The fraction of sp³-hybridized carbons (Fsp3) is 0.333. The van der Waals surface area contributed by atoms with Crippen molar-refractivity contribution in [3.8, 4) is 0 Å². The number of hydrogen-bond acceptors (Lipinski definition) is 3. The molecule has 2 aromatic rings. The van der Waals surface area contributed by atoms with Crippen molar-refractivity contribution in [3.63, 3.8) is 0 Å². The van der Waals surface area contributed by atoms with Crippen LogP contribution in [0.15, 0.2) is 23.4 Å². The molecule has 0 amide bonds.